The molecule has 2 amide bonds. The van der Waals surface area contributed by atoms with E-state index < -0.39 is 23.7 Å². The molecule has 0 unspecified atom stereocenters. The maximum atomic E-state index is 13.3. The van der Waals surface area contributed by atoms with Crippen LogP contribution in [0.5, 0.6) is 0 Å². The number of hydrogen-bond acceptors (Lipinski definition) is 4. The fraction of sp³-hybridized carbons (Fsp3) is 0.154. The molecule has 3 aromatic heterocycles. The lowest BCUT2D eigenvalue weighted by Crippen LogP contribution is -2.48. The van der Waals surface area contributed by atoms with Crippen LogP contribution < -0.4 is 16.3 Å². The summed E-state index contributed by atoms with van der Waals surface area (Å²) in [6.07, 6.45) is 3.67. The Labute approximate surface area is 204 Å². The summed E-state index contributed by atoms with van der Waals surface area (Å²) in [5.74, 6) is -1.36. The van der Waals surface area contributed by atoms with Crippen molar-refractivity contribution < 1.29 is 14.0 Å². The van der Waals surface area contributed by atoms with Crippen molar-refractivity contribution in [2.75, 3.05) is 6.54 Å². The van der Waals surface area contributed by atoms with Crippen molar-refractivity contribution in [2.45, 2.75) is 19.0 Å². The quantitative estimate of drug-likeness (QED) is 0.312. The molecule has 0 aliphatic rings. The van der Waals surface area contributed by atoms with Gasteiger partial charge in [-0.15, -0.1) is 5.10 Å². The monoisotopic (exact) mass is 486 g/mol. The van der Waals surface area contributed by atoms with E-state index in [2.05, 4.69) is 20.7 Å². The van der Waals surface area contributed by atoms with Gasteiger partial charge < -0.3 is 15.6 Å². The number of nitrogens with one attached hydrogen (secondary N) is 3. The van der Waals surface area contributed by atoms with Crippen molar-refractivity contribution >= 4 is 28.4 Å². The van der Waals surface area contributed by atoms with Gasteiger partial charge in [-0.3, -0.25) is 14.0 Å². The number of pyridine rings is 1. The predicted octanol–water partition coefficient (Wildman–Crippen LogP) is 2.27. The molecule has 0 bridgehead atoms. The summed E-state index contributed by atoms with van der Waals surface area (Å²) in [6.45, 7) is 0.303. The molecule has 9 nitrogen and oxygen atoms in total. The molecule has 2 aromatic carbocycles. The lowest BCUT2D eigenvalue weighted by atomic mass is 10.0. The van der Waals surface area contributed by atoms with Crippen molar-refractivity contribution in [1.29, 1.82) is 0 Å². The fourth-order valence-corrected chi connectivity index (χ4v) is 4.09. The van der Waals surface area contributed by atoms with Crippen LogP contribution in [-0.4, -0.2) is 43.6 Å². The van der Waals surface area contributed by atoms with E-state index in [-0.39, 0.29) is 30.8 Å². The summed E-state index contributed by atoms with van der Waals surface area (Å²) in [6, 6.07) is 17.1. The molecule has 36 heavy (non-hydrogen) atoms. The van der Waals surface area contributed by atoms with Crippen LogP contribution in [-0.2, 0) is 17.8 Å². The van der Waals surface area contributed by atoms with Gasteiger partial charge in [-0.2, -0.15) is 0 Å². The number of carbonyl (C=O) groups excluding carboxylic acids is 2. The largest absolute Gasteiger partial charge is 0.361 e. The first-order valence-corrected chi connectivity index (χ1v) is 11.4. The van der Waals surface area contributed by atoms with Gasteiger partial charge in [0.2, 0.25) is 5.91 Å². The summed E-state index contributed by atoms with van der Waals surface area (Å²) in [7, 11) is 0. The second kappa shape index (κ2) is 9.87. The van der Waals surface area contributed by atoms with Crippen molar-refractivity contribution in [1.82, 2.24) is 29.8 Å². The van der Waals surface area contributed by atoms with Gasteiger partial charge >= 0.3 is 5.69 Å². The molecule has 5 aromatic rings. The Kier molecular flexibility index (Phi) is 6.31. The van der Waals surface area contributed by atoms with E-state index in [9.17, 15) is 18.8 Å². The molecule has 0 fully saturated rings. The molecule has 3 N–H and O–H groups in total. The van der Waals surface area contributed by atoms with Crippen molar-refractivity contribution in [3.63, 3.8) is 0 Å². The number of aromatic nitrogens is 4. The molecular weight excluding hydrogens is 463 g/mol. The highest BCUT2D eigenvalue weighted by Gasteiger charge is 2.23. The number of hydrogen-bond donors (Lipinski definition) is 3. The van der Waals surface area contributed by atoms with E-state index >= 15 is 0 Å². The highest BCUT2D eigenvalue weighted by atomic mass is 19.1. The van der Waals surface area contributed by atoms with Gasteiger partial charge in [0.25, 0.3) is 5.91 Å². The molecule has 0 aliphatic carbocycles. The van der Waals surface area contributed by atoms with Gasteiger partial charge in [-0.1, -0.05) is 24.3 Å². The predicted molar refractivity (Wildman–Crippen MR) is 132 cm³/mol. The minimum Gasteiger partial charge on any atom is -0.361 e. The van der Waals surface area contributed by atoms with E-state index in [0.29, 0.717) is 5.65 Å². The van der Waals surface area contributed by atoms with E-state index in [4.69, 9.17) is 0 Å². The second-order valence-corrected chi connectivity index (χ2v) is 8.32. The minimum absolute atomic E-state index is 0.138. The molecule has 0 saturated heterocycles. The normalized spacial score (nSPS) is 12.0. The zero-order valence-corrected chi connectivity index (χ0v) is 19.1. The van der Waals surface area contributed by atoms with E-state index in [1.54, 1.807) is 24.4 Å². The summed E-state index contributed by atoms with van der Waals surface area (Å²) >= 11 is 0. The first-order chi connectivity index (χ1) is 17.5. The van der Waals surface area contributed by atoms with Gasteiger partial charge in [0.15, 0.2) is 5.65 Å². The van der Waals surface area contributed by atoms with Crippen LogP contribution in [0.25, 0.3) is 16.6 Å². The van der Waals surface area contributed by atoms with Gasteiger partial charge in [-0.05, 0) is 48.0 Å². The molecule has 3 heterocycles. The van der Waals surface area contributed by atoms with Crippen LogP contribution in [0, 0.1) is 5.82 Å². The number of benzene rings is 2. The van der Waals surface area contributed by atoms with Crippen LogP contribution in [0.3, 0.4) is 0 Å². The van der Waals surface area contributed by atoms with Crippen LogP contribution >= 0.6 is 0 Å². The lowest BCUT2D eigenvalue weighted by Gasteiger charge is -2.18. The van der Waals surface area contributed by atoms with Gasteiger partial charge in [0, 0.05) is 41.8 Å². The topological polar surface area (TPSA) is 113 Å². The zero-order valence-electron chi connectivity index (χ0n) is 19.1. The third-order valence-corrected chi connectivity index (χ3v) is 5.94. The van der Waals surface area contributed by atoms with Gasteiger partial charge in [0.1, 0.15) is 11.9 Å². The van der Waals surface area contributed by atoms with Crippen LogP contribution in [0.15, 0.2) is 83.9 Å². The highest BCUT2D eigenvalue weighted by Crippen LogP contribution is 2.19. The average Bonchev–Trinajstić information content (AvgIpc) is 3.44. The minimum atomic E-state index is -0.903. The first-order valence-electron chi connectivity index (χ1n) is 11.4. The number of rotatable bonds is 8. The number of amides is 2. The maximum absolute atomic E-state index is 13.3. The van der Waals surface area contributed by atoms with Crippen LogP contribution in [0.4, 0.5) is 4.39 Å². The van der Waals surface area contributed by atoms with E-state index in [1.165, 1.54) is 33.3 Å². The Morgan fingerprint density at radius 2 is 1.81 bits per heavy atom. The van der Waals surface area contributed by atoms with Gasteiger partial charge in [0.05, 0.1) is 6.54 Å². The molecule has 0 spiro atoms. The fourth-order valence-electron chi connectivity index (χ4n) is 4.09. The molecule has 1 atom stereocenters. The SMILES string of the molecule is O=C(N[C@H](Cc1c[nH]c2ccccc12)C(=O)NCCn1nc2ccccn2c1=O)c1ccc(F)cc1. The number of para-hydroxylation sites is 1. The Balaban J connectivity index is 1.32. The maximum Gasteiger partial charge on any atom is 0.350 e. The summed E-state index contributed by atoms with van der Waals surface area (Å²) in [5, 5.41) is 10.8. The Morgan fingerprint density at radius 3 is 2.61 bits per heavy atom. The number of carbonyl (C=O) groups is 2. The summed E-state index contributed by atoms with van der Waals surface area (Å²) in [5.41, 5.74) is 2.23. The van der Waals surface area contributed by atoms with Gasteiger partial charge in [-0.25, -0.2) is 13.9 Å². The number of fused-ring (bicyclic) bond motifs is 2. The Morgan fingerprint density at radius 1 is 1.03 bits per heavy atom. The number of halogens is 1. The Hall–Kier alpha value is -4.73. The molecule has 0 aliphatic heterocycles. The summed E-state index contributed by atoms with van der Waals surface area (Å²) < 4.78 is 16.0. The van der Waals surface area contributed by atoms with Crippen molar-refractivity contribution in [2.24, 2.45) is 0 Å². The standard InChI is InChI=1S/C26H23FN6O3/c27-19-10-8-17(9-11-19)24(34)30-22(15-18-16-29-21-6-2-1-5-20(18)21)25(35)28-12-14-33-26(36)32-13-4-3-7-23(32)31-33/h1-11,13,16,22,29H,12,14-15H2,(H,28,35)(H,30,34)/t22-/m1/s1. The van der Waals surface area contributed by atoms with Crippen LogP contribution in [0.1, 0.15) is 15.9 Å². The van der Waals surface area contributed by atoms with Crippen LogP contribution in [0.2, 0.25) is 0 Å². The second-order valence-electron chi connectivity index (χ2n) is 8.32. The third-order valence-electron chi connectivity index (χ3n) is 5.94. The molecule has 5 rings (SSSR count). The molecule has 182 valence electrons. The lowest BCUT2D eigenvalue weighted by molar-refractivity contribution is -0.123. The van der Waals surface area contributed by atoms with E-state index in [0.717, 1.165) is 16.5 Å². The Bertz CT molecular complexity index is 1600. The number of aromatic amines is 1. The first kappa shape index (κ1) is 23.0. The highest BCUT2D eigenvalue weighted by molar-refractivity contribution is 5.97. The average molecular weight is 487 g/mol. The molecule has 10 heteroatoms. The third kappa shape index (κ3) is 4.74. The number of nitrogens with zero attached hydrogens (tertiary/aromatic N) is 3. The number of H-pyrrole nitrogens is 1. The van der Waals surface area contributed by atoms with Crippen molar-refractivity contribution in [3.8, 4) is 0 Å². The summed E-state index contributed by atoms with van der Waals surface area (Å²) in [4.78, 5) is 41.6. The molecule has 0 radical (unpaired) electrons. The van der Waals surface area contributed by atoms with Crippen molar-refractivity contribution in [3.05, 3.63) is 107 Å². The zero-order chi connectivity index (χ0) is 25.1. The smallest absolute Gasteiger partial charge is 0.350 e. The molecular formula is C26H23FN6O3. The molecule has 0 saturated carbocycles. The van der Waals surface area contributed by atoms with E-state index in [1.807, 2.05) is 30.5 Å².